The zero-order chi connectivity index (χ0) is 19.4. The molecule has 27 heavy (non-hydrogen) atoms. The van der Waals surface area contributed by atoms with Crippen LogP contribution in [0, 0.1) is 29.4 Å². The van der Waals surface area contributed by atoms with Crippen LogP contribution >= 0.6 is 0 Å². The second-order valence-electron chi connectivity index (χ2n) is 8.01. The van der Waals surface area contributed by atoms with E-state index in [1.807, 2.05) is 0 Å². The molecular formula is C22H28F4O. The largest absolute Gasteiger partial charge is 0.484 e. The molecule has 0 heterocycles. The van der Waals surface area contributed by atoms with Crippen LogP contribution in [-0.4, -0.2) is 13.0 Å². The molecule has 0 saturated heterocycles. The maximum absolute atomic E-state index is 14.5. The van der Waals surface area contributed by atoms with Gasteiger partial charge in [0.2, 0.25) is 5.82 Å². The van der Waals surface area contributed by atoms with Gasteiger partial charge in [-0.15, -0.1) is 6.58 Å². The Bertz CT molecular complexity index is 629. The van der Waals surface area contributed by atoms with Crippen molar-refractivity contribution in [3.8, 4) is 5.75 Å². The van der Waals surface area contributed by atoms with Crippen molar-refractivity contribution in [2.24, 2.45) is 17.8 Å². The number of alkyl halides is 2. The third-order valence-corrected chi connectivity index (χ3v) is 6.47. The molecule has 1 aromatic rings. The predicted molar refractivity (Wildman–Crippen MR) is 98.2 cm³/mol. The zero-order valence-electron chi connectivity index (χ0n) is 15.6. The normalized spacial score (nSPS) is 28.9. The van der Waals surface area contributed by atoms with Crippen molar-refractivity contribution < 1.29 is 22.3 Å². The van der Waals surface area contributed by atoms with E-state index in [-0.39, 0.29) is 5.92 Å². The lowest BCUT2D eigenvalue weighted by Crippen LogP contribution is -2.25. The average Bonchev–Trinajstić information content (AvgIpc) is 2.69. The first kappa shape index (κ1) is 20.2. The number of ether oxygens (including phenoxy) is 1. The Labute approximate surface area is 158 Å². The summed E-state index contributed by atoms with van der Waals surface area (Å²) >= 11 is 0. The van der Waals surface area contributed by atoms with Crippen LogP contribution in [0.3, 0.4) is 0 Å². The summed E-state index contributed by atoms with van der Waals surface area (Å²) in [5, 5.41) is 0. The zero-order valence-corrected chi connectivity index (χ0v) is 15.6. The first-order valence-corrected chi connectivity index (χ1v) is 10.0. The molecule has 5 heteroatoms. The van der Waals surface area contributed by atoms with Gasteiger partial charge in [-0.05, 0) is 86.7 Å². The fraction of sp³-hybridized carbons (Fsp3) is 0.636. The van der Waals surface area contributed by atoms with E-state index in [0.717, 1.165) is 31.6 Å². The van der Waals surface area contributed by atoms with Gasteiger partial charge in [-0.2, -0.15) is 4.39 Å². The van der Waals surface area contributed by atoms with E-state index >= 15 is 0 Å². The first-order chi connectivity index (χ1) is 13.0. The summed E-state index contributed by atoms with van der Waals surface area (Å²) < 4.78 is 57.7. The summed E-state index contributed by atoms with van der Waals surface area (Å²) in [6.07, 6.45) is 8.04. The van der Waals surface area contributed by atoms with Gasteiger partial charge in [0.25, 0.3) is 6.43 Å². The van der Waals surface area contributed by atoms with Gasteiger partial charge in [-0.1, -0.05) is 12.1 Å². The molecule has 0 radical (unpaired) electrons. The van der Waals surface area contributed by atoms with Crippen molar-refractivity contribution in [3.05, 3.63) is 42.0 Å². The van der Waals surface area contributed by atoms with Crippen molar-refractivity contribution in [3.63, 3.8) is 0 Å². The number of halogens is 4. The second-order valence-corrected chi connectivity index (χ2v) is 8.01. The fourth-order valence-electron chi connectivity index (χ4n) is 4.88. The van der Waals surface area contributed by atoms with Gasteiger partial charge in [-0.25, -0.2) is 13.2 Å². The molecule has 0 unspecified atom stereocenters. The Hall–Kier alpha value is -1.52. The van der Waals surface area contributed by atoms with Crippen LogP contribution in [0.4, 0.5) is 17.6 Å². The second kappa shape index (κ2) is 9.11. The smallest absolute Gasteiger partial charge is 0.272 e. The molecular weight excluding hydrogens is 356 g/mol. The van der Waals surface area contributed by atoms with E-state index in [9.17, 15) is 17.6 Å². The van der Waals surface area contributed by atoms with Gasteiger partial charge in [0.05, 0.1) is 0 Å². The number of allylic oxidation sites excluding steroid dienone is 1. The van der Waals surface area contributed by atoms with E-state index in [0.29, 0.717) is 17.4 Å². The summed E-state index contributed by atoms with van der Waals surface area (Å²) in [7, 11) is 0. The van der Waals surface area contributed by atoms with Crippen molar-refractivity contribution in [1.29, 1.82) is 0 Å². The first-order valence-electron chi connectivity index (χ1n) is 10.0. The Kier molecular flexibility index (Phi) is 6.83. The summed E-state index contributed by atoms with van der Waals surface area (Å²) in [4.78, 5) is 0. The van der Waals surface area contributed by atoms with Gasteiger partial charge < -0.3 is 4.74 Å². The summed E-state index contributed by atoms with van der Waals surface area (Å²) in [6.45, 7) is 2.96. The molecule has 2 aliphatic rings. The minimum absolute atomic E-state index is 0.00980. The number of rotatable bonds is 6. The van der Waals surface area contributed by atoms with Crippen LogP contribution in [0.15, 0.2) is 24.8 Å². The molecule has 150 valence electrons. The third-order valence-electron chi connectivity index (χ3n) is 6.47. The molecule has 3 rings (SSSR count). The standard InChI is InChI=1S/C22H28F4O/c1-2-14-3-5-15(6-4-14)16-7-9-17(10-8-16)18-11-12-19(22(26)21(18)25)27-13-20(23)24/h2,11-12,14-17,20H,1,3-10,13H2. The lowest BCUT2D eigenvalue weighted by atomic mass is 9.68. The molecule has 0 aliphatic heterocycles. The average molecular weight is 384 g/mol. The van der Waals surface area contributed by atoms with Crippen molar-refractivity contribution >= 4 is 0 Å². The van der Waals surface area contributed by atoms with E-state index in [4.69, 9.17) is 0 Å². The highest BCUT2D eigenvalue weighted by Crippen LogP contribution is 2.45. The number of hydrogen-bond donors (Lipinski definition) is 0. The Morgan fingerprint density at radius 2 is 1.52 bits per heavy atom. The van der Waals surface area contributed by atoms with Crippen LogP contribution in [0.5, 0.6) is 5.75 Å². The molecule has 1 aromatic carbocycles. The number of hydrogen-bond acceptors (Lipinski definition) is 1. The highest BCUT2D eigenvalue weighted by atomic mass is 19.3. The molecule has 0 spiro atoms. The minimum Gasteiger partial charge on any atom is -0.484 e. The van der Waals surface area contributed by atoms with Crippen molar-refractivity contribution in [2.75, 3.05) is 6.61 Å². The SMILES string of the molecule is C=CC1CCC(C2CCC(c3ccc(OCC(F)F)c(F)c3F)CC2)CC1. The minimum atomic E-state index is -2.72. The highest BCUT2D eigenvalue weighted by Gasteiger charge is 2.32. The molecule has 2 aliphatic carbocycles. The van der Waals surface area contributed by atoms with E-state index in [1.165, 1.54) is 37.8 Å². The van der Waals surface area contributed by atoms with Crippen LogP contribution in [0.1, 0.15) is 62.8 Å². The Morgan fingerprint density at radius 3 is 2.07 bits per heavy atom. The summed E-state index contributed by atoms with van der Waals surface area (Å²) in [5.74, 6) is -0.480. The molecule has 0 N–H and O–H groups in total. The van der Waals surface area contributed by atoms with Crippen molar-refractivity contribution in [2.45, 2.75) is 63.7 Å². The Morgan fingerprint density at radius 1 is 0.926 bits per heavy atom. The lowest BCUT2D eigenvalue weighted by molar-refractivity contribution is 0.0794. The quantitative estimate of drug-likeness (QED) is 0.384. The lowest BCUT2D eigenvalue weighted by Gasteiger charge is -2.37. The molecule has 0 atom stereocenters. The van der Waals surface area contributed by atoms with Crippen LogP contribution in [0.2, 0.25) is 0 Å². The molecule has 0 amide bonds. The molecule has 2 saturated carbocycles. The van der Waals surface area contributed by atoms with Crippen molar-refractivity contribution in [1.82, 2.24) is 0 Å². The maximum Gasteiger partial charge on any atom is 0.272 e. The molecule has 1 nitrogen and oxygen atoms in total. The van der Waals surface area contributed by atoms with Gasteiger partial charge in [0.1, 0.15) is 6.61 Å². The fourth-order valence-corrected chi connectivity index (χ4v) is 4.88. The Balaban J connectivity index is 1.58. The van der Waals surface area contributed by atoms with E-state index < -0.39 is 30.4 Å². The van der Waals surface area contributed by atoms with Gasteiger partial charge in [0.15, 0.2) is 11.6 Å². The van der Waals surface area contributed by atoms with Crippen LogP contribution in [0.25, 0.3) is 0 Å². The highest BCUT2D eigenvalue weighted by molar-refractivity contribution is 5.33. The molecule has 0 aromatic heterocycles. The third kappa shape index (κ3) is 4.85. The van der Waals surface area contributed by atoms with E-state index in [1.54, 1.807) is 0 Å². The summed E-state index contributed by atoms with van der Waals surface area (Å²) in [5.41, 5.74) is 0.353. The maximum atomic E-state index is 14.5. The predicted octanol–water partition coefficient (Wildman–Crippen LogP) is 6.87. The molecule has 0 bridgehead atoms. The van der Waals surface area contributed by atoms with Gasteiger partial charge in [0, 0.05) is 0 Å². The van der Waals surface area contributed by atoms with Gasteiger partial charge >= 0.3 is 0 Å². The van der Waals surface area contributed by atoms with Gasteiger partial charge in [-0.3, -0.25) is 0 Å². The molecule has 2 fully saturated rings. The van der Waals surface area contributed by atoms with Crippen LogP contribution < -0.4 is 4.74 Å². The topological polar surface area (TPSA) is 9.23 Å². The van der Waals surface area contributed by atoms with Crippen LogP contribution in [-0.2, 0) is 0 Å². The summed E-state index contributed by atoms with van der Waals surface area (Å²) in [6, 6.07) is 2.78. The number of benzene rings is 1. The monoisotopic (exact) mass is 384 g/mol. The van der Waals surface area contributed by atoms with E-state index in [2.05, 4.69) is 17.4 Å².